The molecule has 2 N–H and O–H groups in total. The molecule has 0 aromatic rings. The molecule has 92 valence electrons. The van der Waals surface area contributed by atoms with Crippen LogP contribution in [0.15, 0.2) is 0 Å². The molecule has 0 aliphatic heterocycles. The van der Waals surface area contributed by atoms with Crippen LogP contribution < -0.4 is 5.32 Å². The van der Waals surface area contributed by atoms with E-state index >= 15 is 0 Å². The molecule has 0 heterocycles. The Bertz CT molecular complexity index is 225. The van der Waals surface area contributed by atoms with Gasteiger partial charge in [-0.3, -0.25) is 0 Å². The lowest BCUT2D eigenvalue weighted by molar-refractivity contribution is -0.0178. The standard InChI is InChI=1S/C14H25NO/c1-9(2-3-16)15-14-12-5-10-4-11(7-12)8-13(14)6-10/h9-16H,2-8H2,1H3/t9-,10?,11?,12?,13?,14?/m1/s1. The smallest absolute Gasteiger partial charge is 0.0445 e. The summed E-state index contributed by atoms with van der Waals surface area (Å²) in [6.07, 6.45) is 8.37. The second kappa shape index (κ2) is 4.30. The average molecular weight is 223 g/mol. The van der Waals surface area contributed by atoms with Crippen LogP contribution in [0.25, 0.3) is 0 Å². The third kappa shape index (κ3) is 1.91. The summed E-state index contributed by atoms with van der Waals surface area (Å²) in [7, 11) is 0. The molecule has 4 saturated carbocycles. The second-order valence-corrected chi connectivity index (χ2v) is 6.54. The van der Waals surface area contributed by atoms with Gasteiger partial charge in [0.15, 0.2) is 0 Å². The first-order valence-electron chi connectivity index (χ1n) is 7.13. The van der Waals surface area contributed by atoms with Crippen LogP contribution in [-0.4, -0.2) is 23.8 Å². The van der Waals surface area contributed by atoms with E-state index in [4.69, 9.17) is 5.11 Å². The van der Waals surface area contributed by atoms with Crippen LogP contribution in [0.1, 0.15) is 45.4 Å². The monoisotopic (exact) mass is 223 g/mol. The van der Waals surface area contributed by atoms with Crippen LogP contribution in [0.5, 0.6) is 0 Å². The largest absolute Gasteiger partial charge is 0.396 e. The molecular weight excluding hydrogens is 198 g/mol. The zero-order chi connectivity index (χ0) is 11.1. The summed E-state index contributed by atoms with van der Waals surface area (Å²) < 4.78 is 0. The summed E-state index contributed by atoms with van der Waals surface area (Å²) in [5.74, 6) is 4.04. The minimum Gasteiger partial charge on any atom is -0.396 e. The van der Waals surface area contributed by atoms with Crippen molar-refractivity contribution >= 4 is 0 Å². The Morgan fingerprint density at radius 1 is 1.06 bits per heavy atom. The molecule has 0 aromatic heterocycles. The maximum atomic E-state index is 8.98. The van der Waals surface area contributed by atoms with Gasteiger partial charge in [-0.15, -0.1) is 0 Å². The van der Waals surface area contributed by atoms with Crippen LogP contribution in [0, 0.1) is 23.7 Å². The Morgan fingerprint density at radius 2 is 1.62 bits per heavy atom. The quantitative estimate of drug-likeness (QED) is 0.765. The van der Waals surface area contributed by atoms with Gasteiger partial charge in [-0.25, -0.2) is 0 Å². The fourth-order valence-electron chi connectivity index (χ4n) is 4.80. The van der Waals surface area contributed by atoms with Crippen molar-refractivity contribution in [1.82, 2.24) is 5.32 Å². The van der Waals surface area contributed by atoms with Gasteiger partial charge in [0.1, 0.15) is 0 Å². The van der Waals surface area contributed by atoms with E-state index < -0.39 is 0 Å². The van der Waals surface area contributed by atoms with Crippen LogP contribution in [0.2, 0.25) is 0 Å². The molecule has 4 bridgehead atoms. The van der Waals surface area contributed by atoms with Crippen molar-refractivity contribution in [1.29, 1.82) is 0 Å². The van der Waals surface area contributed by atoms with Gasteiger partial charge in [0.05, 0.1) is 0 Å². The van der Waals surface area contributed by atoms with E-state index in [1.54, 1.807) is 0 Å². The lowest BCUT2D eigenvalue weighted by Crippen LogP contribution is -2.56. The molecule has 16 heavy (non-hydrogen) atoms. The molecule has 1 atom stereocenters. The third-order valence-electron chi connectivity index (χ3n) is 5.27. The Balaban J connectivity index is 1.63. The lowest BCUT2D eigenvalue weighted by atomic mass is 9.54. The van der Waals surface area contributed by atoms with Gasteiger partial charge in [0.25, 0.3) is 0 Å². The molecule has 4 rings (SSSR count). The normalized spacial score (nSPS) is 47.2. The first-order chi connectivity index (χ1) is 7.76. The van der Waals surface area contributed by atoms with E-state index in [1.165, 1.54) is 32.1 Å². The Hall–Kier alpha value is -0.0800. The first kappa shape index (κ1) is 11.0. The highest BCUT2D eigenvalue weighted by Gasteiger charge is 2.48. The fourth-order valence-corrected chi connectivity index (χ4v) is 4.80. The van der Waals surface area contributed by atoms with Gasteiger partial charge in [0.2, 0.25) is 0 Å². The zero-order valence-electron chi connectivity index (χ0n) is 10.4. The molecule has 0 aromatic carbocycles. The predicted molar refractivity (Wildman–Crippen MR) is 65.1 cm³/mol. The Kier molecular flexibility index (Phi) is 2.97. The van der Waals surface area contributed by atoms with Crippen molar-refractivity contribution in [2.75, 3.05) is 6.61 Å². The fraction of sp³-hybridized carbons (Fsp3) is 1.00. The number of nitrogens with one attached hydrogen (secondary N) is 1. The van der Waals surface area contributed by atoms with E-state index in [2.05, 4.69) is 12.2 Å². The molecule has 4 aliphatic rings. The SMILES string of the molecule is C[C@H](CCO)NC1C2CC3CC(C2)CC1C3. The molecule has 4 aliphatic carbocycles. The third-order valence-corrected chi connectivity index (χ3v) is 5.27. The molecular formula is C14H25NO. The topological polar surface area (TPSA) is 32.3 Å². The molecule has 0 radical (unpaired) electrons. The summed E-state index contributed by atoms with van der Waals surface area (Å²) in [6, 6.07) is 1.27. The van der Waals surface area contributed by atoms with Crippen molar-refractivity contribution in [3.8, 4) is 0 Å². The van der Waals surface area contributed by atoms with Gasteiger partial charge in [-0.05, 0) is 69.1 Å². The highest BCUT2D eigenvalue weighted by Crippen LogP contribution is 2.53. The highest BCUT2D eigenvalue weighted by atomic mass is 16.3. The van der Waals surface area contributed by atoms with E-state index in [0.717, 1.165) is 36.1 Å². The number of hydrogen-bond donors (Lipinski definition) is 2. The van der Waals surface area contributed by atoms with E-state index in [-0.39, 0.29) is 0 Å². The maximum Gasteiger partial charge on any atom is 0.0445 e. The number of aliphatic hydroxyl groups excluding tert-OH is 1. The van der Waals surface area contributed by atoms with Gasteiger partial charge in [-0.1, -0.05) is 0 Å². The summed E-state index contributed by atoms with van der Waals surface area (Å²) in [5.41, 5.74) is 0. The summed E-state index contributed by atoms with van der Waals surface area (Å²) in [6.45, 7) is 2.54. The number of rotatable bonds is 4. The van der Waals surface area contributed by atoms with Gasteiger partial charge in [0, 0.05) is 18.7 Å². The van der Waals surface area contributed by atoms with Crippen molar-refractivity contribution in [2.45, 2.75) is 57.5 Å². The second-order valence-electron chi connectivity index (χ2n) is 6.54. The van der Waals surface area contributed by atoms with Crippen molar-refractivity contribution in [2.24, 2.45) is 23.7 Å². The summed E-state index contributed by atoms with van der Waals surface area (Å²) in [4.78, 5) is 0. The predicted octanol–water partition coefficient (Wildman–Crippen LogP) is 2.17. The van der Waals surface area contributed by atoms with Gasteiger partial charge < -0.3 is 10.4 Å². The maximum absolute atomic E-state index is 8.98. The minimum absolute atomic E-state index is 0.321. The van der Waals surface area contributed by atoms with Crippen LogP contribution in [0.3, 0.4) is 0 Å². The zero-order valence-corrected chi connectivity index (χ0v) is 10.4. The highest BCUT2D eigenvalue weighted by molar-refractivity contribution is 5.01. The minimum atomic E-state index is 0.321. The molecule has 0 unspecified atom stereocenters. The molecule has 0 amide bonds. The van der Waals surface area contributed by atoms with Crippen LogP contribution in [-0.2, 0) is 0 Å². The first-order valence-corrected chi connectivity index (χ1v) is 7.13. The summed E-state index contributed by atoms with van der Waals surface area (Å²) >= 11 is 0. The Morgan fingerprint density at radius 3 is 2.12 bits per heavy atom. The van der Waals surface area contributed by atoms with Crippen LogP contribution in [0.4, 0.5) is 0 Å². The van der Waals surface area contributed by atoms with Crippen LogP contribution >= 0.6 is 0 Å². The van der Waals surface area contributed by atoms with Crippen molar-refractivity contribution < 1.29 is 5.11 Å². The van der Waals surface area contributed by atoms with Crippen molar-refractivity contribution in [3.05, 3.63) is 0 Å². The lowest BCUT2D eigenvalue weighted by Gasteiger charge is -2.55. The molecule has 4 fully saturated rings. The number of aliphatic hydroxyl groups is 1. The van der Waals surface area contributed by atoms with Gasteiger partial charge in [-0.2, -0.15) is 0 Å². The molecule has 2 heteroatoms. The average Bonchev–Trinajstić information content (AvgIpc) is 2.23. The summed E-state index contributed by atoms with van der Waals surface area (Å²) in [5, 5.41) is 12.8. The van der Waals surface area contributed by atoms with E-state index in [9.17, 15) is 0 Å². The molecule has 0 spiro atoms. The molecule has 2 nitrogen and oxygen atoms in total. The van der Waals surface area contributed by atoms with Crippen molar-refractivity contribution in [3.63, 3.8) is 0 Å². The van der Waals surface area contributed by atoms with E-state index in [0.29, 0.717) is 12.6 Å². The number of hydrogen-bond acceptors (Lipinski definition) is 2. The van der Waals surface area contributed by atoms with Gasteiger partial charge >= 0.3 is 0 Å². The van der Waals surface area contributed by atoms with E-state index in [1.807, 2.05) is 0 Å². The Labute approximate surface area is 98.8 Å². The molecule has 0 saturated heterocycles.